The number of aromatic amines is 1. The number of nitrogens with zero attached hydrogens (tertiary/aromatic N) is 2. The predicted molar refractivity (Wildman–Crippen MR) is 107 cm³/mol. The Kier molecular flexibility index (Phi) is 3.13. The maximum absolute atomic E-state index is 13.3. The molecule has 0 saturated carbocycles. The molecule has 3 aromatic rings. The van der Waals surface area contributed by atoms with Crippen molar-refractivity contribution >= 4 is 28.7 Å². The normalized spacial score (nSPS) is 22.7. The van der Waals surface area contributed by atoms with Crippen LogP contribution < -0.4 is 0 Å². The van der Waals surface area contributed by atoms with Crippen molar-refractivity contribution in [2.75, 3.05) is 6.54 Å². The maximum atomic E-state index is 13.3. The van der Waals surface area contributed by atoms with Crippen molar-refractivity contribution in [3.05, 3.63) is 64.8 Å². The number of aliphatic imine (C=N–C) groups is 1. The fourth-order valence-corrected chi connectivity index (χ4v) is 5.22. The number of benzene rings is 2. The van der Waals surface area contributed by atoms with Gasteiger partial charge in [-0.05, 0) is 54.7 Å². The summed E-state index contributed by atoms with van der Waals surface area (Å²) in [5, 5.41) is 1.33. The second-order valence-electron chi connectivity index (χ2n) is 8.00. The van der Waals surface area contributed by atoms with Crippen LogP contribution in [-0.4, -0.2) is 34.6 Å². The number of nitrogens with one attached hydrogen (secondary N) is 1. The highest BCUT2D eigenvalue weighted by atomic mass is 16.2. The van der Waals surface area contributed by atoms with Gasteiger partial charge in [-0.1, -0.05) is 18.2 Å². The molecule has 0 spiro atoms. The molecule has 1 aromatic heterocycles. The highest BCUT2D eigenvalue weighted by Gasteiger charge is 2.39. The zero-order chi connectivity index (χ0) is 18.0. The fraction of sp³-hybridized carbons (Fsp3) is 0.304. The number of carbonyl (C=O) groups is 1. The molecule has 2 aromatic carbocycles. The van der Waals surface area contributed by atoms with Crippen molar-refractivity contribution in [2.45, 2.75) is 37.6 Å². The molecule has 2 unspecified atom stereocenters. The van der Waals surface area contributed by atoms with Gasteiger partial charge in [0.05, 0.1) is 5.69 Å². The number of hydrogen-bond donors (Lipinski definition) is 1. The number of piperidine rings is 1. The fourth-order valence-electron chi connectivity index (χ4n) is 5.22. The Hall–Kier alpha value is -2.88. The quantitative estimate of drug-likeness (QED) is 0.692. The van der Waals surface area contributed by atoms with Crippen LogP contribution in [0.4, 0.5) is 5.69 Å². The van der Waals surface area contributed by atoms with E-state index in [1.807, 2.05) is 24.4 Å². The third kappa shape index (κ3) is 2.22. The van der Waals surface area contributed by atoms with Crippen molar-refractivity contribution in [1.82, 2.24) is 9.88 Å². The minimum absolute atomic E-state index is 0.177. The lowest BCUT2D eigenvalue weighted by molar-refractivity contribution is 0.0573. The molecule has 1 aliphatic carbocycles. The van der Waals surface area contributed by atoms with Crippen LogP contribution in [0.3, 0.4) is 0 Å². The molecule has 3 heterocycles. The van der Waals surface area contributed by atoms with E-state index >= 15 is 0 Å². The lowest BCUT2D eigenvalue weighted by atomic mass is 9.78. The standard InChI is InChI=1S/C23H21N3O/c27-23(16-5-6-20-14(11-16)7-9-24-20)26-10-8-15-12-17(26)13-19-18-3-1-2-4-21(18)25-22(15)19/h1-6,9,11,15,17,25H,7-8,10,12-13H2. The molecule has 4 heteroatoms. The van der Waals surface area contributed by atoms with Gasteiger partial charge >= 0.3 is 0 Å². The molecule has 134 valence electrons. The first kappa shape index (κ1) is 15.2. The van der Waals surface area contributed by atoms with Crippen molar-refractivity contribution in [3.8, 4) is 0 Å². The molecule has 1 fully saturated rings. The Morgan fingerprint density at radius 1 is 1.19 bits per heavy atom. The minimum atomic E-state index is 0.177. The van der Waals surface area contributed by atoms with Gasteiger partial charge in [0, 0.05) is 53.3 Å². The van der Waals surface area contributed by atoms with E-state index in [0.717, 1.165) is 43.5 Å². The summed E-state index contributed by atoms with van der Waals surface area (Å²) in [6, 6.07) is 14.8. The molecule has 2 atom stereocenters. The summed E-state index contributed by atoms with van der Waals surface area (Å²) in [4.78, 5) is 23.4. The zero-order valence-corrected chi connectivity index (χ0v) is 15.1. The van der Waals surface area contributed by atoms with E-state index in [0.29, 0.717) is 12.0 Å². The highest BCUT2D eigenvalue weighted by Crippen LogP contribution is 2.42. The largest absolute Gasteiger partial charge is 0.358 e. The molecule has 0 radical (unpaired) electrons. The summed E-state index contributed by atoms with van der Waals surface area (Å²) >= 11 is 0. The van der Waals surface area contributed by atoms with Gasteiger partial charge in [-0.25, -0.2) is 0 Å². The Labute approximate surface area is 157 Å². The summed E-state index contributed by atoms with van der Waals surface area (Å²) in [5.41, 5.74) is 7.04. The first-order valence-electron chi connectivity index (χ1n) is 9.84. The second kappa shape index (κ2) is 5.56. The highest BCUT2D eigenvalue weighted by molar-refractivity contribution is 5.96. The van der Waals surface area contributed by atoms with Crippen LogP contribution in [-0.2, 0) is 12.8 Å². The molecule has 4 nitrogen and oxygen atoms in total. The van der Waals surface area contributed by atoms with E-state index in [4.69, 9.17) is 0 Å². The van der Waals surface area contributed by atoms with E-state index in [-0.39, 0.29) is 5.91 Å². The average Bonchev–Trinajstić information content (AvgIpc) is 3.32. The molecular formula is C23H21N3O. The van der Waals surface area contributed by atoms with Gasteiger partial charge in [-0.2, -0.15) is 0 Å². The smallest absolute Gasteiger partial charge is 0.254 e. The van der Waals surface area contributed by atoms with Crippen molar-refractivity contribution in [1.29, 1.82) is 0 Å². The lowest BCUT2D eigenvalue weighted by Crippen LogP contribution is -2.48. The number of aromatic nitrogens is 1. The van der Waals surface area contributed by atoms with Crippen LogP contribution in [0.1, 0.15) is 45.9 Å². The van der Waals surface area contributed by atoms with Crippen molar-refractivity contribution in [2.24, 2.45) is 4.99 Å². The number of H-pyrrole nitrogens is 1. The number of likely N-dealkylation sites (tertiary alicyclic amines) is 1. The molecule has 2 aliphatic heterocycles. The molecule has 1 saturated heterocycles. The van der Waals surface area contributed by atoms with Gasteiger partial charge in [0.1, 0.15) is 0 Å². The Morgan fingerprint density at radius 3 is 3.07 bits per heavy atom. The predicted octanol–water partition coefficient (Wildman–Crippen LogP) is 4.37. The summed E-state index contributed by atoms with van der Waals surface area (Å²) in [5.74, 6) is 0.722. The molecular weight excluding hydrogens is 334 g/mol. The Balaban J connectivity index is 1.34. The third-order valence-electron chi connectivity index (χ3n) is 6.54. The molecule has 1 N–H and O–H groups in total. The average molecular weight is 355 g/mol. The van der Waals surface area contributed by atoms with Gasteiger partial charge in [-0.15, -0.1) is 0 Å². The number of rotatable bonds is 1. The molecule has 27 heavy (non-hydrogen) atoms. The topological polar surface area (TPSA) is 48.5 Å². The van der Waals surface area contributed by atoms with Gasteiger partial charge in [0.15, 0.2) is 0 Å². The third-order valence-corrected chi connectivity index (χ3v) is 6.54. The molecule has 6 rings (SSSR count). The van der Waals surface area contributed by atoms with Crippen LogP contribution in [0.5, 0.6) is 0 Å². The number of para-hydroxylation sites is 1. The summed E-state index contributed by atoms with van der Waals surface area (Å²) in [6.45, 7) is 0.844. The van der Waals surface area contributed by atoms with Gasteiger partial charge in [-0.3, -0.25) is 9.79 Å². The lowest BCUT2D eigenvalue weighted by Gasteiger charge is -2.43. The molecule has 3 aliphatic rings. The summed E-state index contributed by atoms with van der Waals surface area (Å²) < 4.78 is 0. The van der Waals surface area contributed by atoms with Crippen LogP contribution in [0, 0.1) is 0 Å². The van der Waals surface area contributed by atoms with E-state index in [1.54, 1.807) is 0 Å². The van der Waals surface area contributed by atoms with Gasteiger partial charge < -0.3 is 9.88 Å². The van der Waals surface area contributed by atoms with Crippen LogP contribution in [0.2, 0.25) is 0 Å². The van der Waals surface area contributed by atoms with Gasteiger partial charge in [0.25, 0.3) is 5.91 Å². The second-order valence-corrected chi connectivity index (χ2v) is 8.00. The monoisotopic (exact) mass is 355 g/mol. The Bertz CT molecular complexity index is 1110. The van der Waals surface area contributed by atoms with Crippen LogP contribution >= 0.6 is 0 Å². The first-order chi connectivity index (χ1) is 13.3. The first-order valence-corrected chi connectivity index (χ1v) is 9.84. The van der Waals surface area contributed by atoms with Gasteiger partial charge in [0.2, 0.25) is 0 Å². The van der Waals surface area contributed by atoms with E-state index < -0.39 is 0 Å². The van der Waals surface area contributed by atoms with Crippen LogP contribution in [0.25, 0.3) is 10.9 Å². The van der Waals surface area contributed by atoms with Crippen molar-refractivity contribution in [3.63, 3.8) is 0 Å². The number of fused-ring (bicyclic) bond motifs is 7. The number of amides is 1. The zero-order valence-electron chi connectivity index (χ0n) is 15.1. The van der Waals surface area contributed by atoms with Crippen molar-refractivity contribution < 1.29 is 4.79 Å². The van der Waals surface area contributed by atoms with E-state index in [2.05, 4.69) is 39.1 Å². The SMILES string of the molecule is O=C(c1ccc2c(c1)CC=N2)N1CCC2CC1Cc1c2[nH]c2ccccc12. The minimum Gasteiger partial charge on any atom is -0.358 e. The Morgan fingerprint density at radius 2 is 2.11 bits per heavy atom. The van der Waals surface area contributed by atoms with E-state index in [9.17, 15) is 4.79 Å². The summed E-state index contributed by atoms with van der Waals surface area (Å²) in [6.07, 6.45) is 5.82. The molecule has 1 amide bonds. The summed E-state index contributed by atoms with van der Waals surface area (Å²) in [7, 11) is 0. The number of hydrogen-bond acceptors (Lipinski definition) is 2. The van der Waals surface area contributed by atoms with E-state index in [1.165, 1.54) is 27.7 Å². The number of carbonyl (C=O) groups excluding carboxylic acids is 1. The maximum Gasteiger partial charge on any atom is 0.254 e. The van der Waals surface area contributed by atoms with Crippen LogP contribution in [0.15, 0.2) is 47.5 Å². The molecule has 2 bridgehead atoms.